The normalized spacial score (nSPS) is 13.3. The first-order chi connectivity index (χ1) is 21.8. The molecule has 44 heavy (non-hydrogen) atoms. The van der Waals surface area contributed by atoms with Gasteiger partial charge in [-0.2, -0.15) is 0 Å². The van der Waals surface area contributed by atoms with Crippen LogP contribution in [-0.4, -0.2) is 9.13 Å². The van der Waals surface area contributed by atoms with Crippen molar-refractivity contribution in [2.24, 2.45) is 0 Å². The van der Waals surface area contributed by atoms with Gasteiger partial charge in [-0.25, -0.2) is 0 Å². The first-order valence-electron chi connectivity index (χ1n) is 15.4. The summed E-state index contributed by atoms with van der Waals surface area (Å²) in [5.41, 5.74) is 12.2. The van der Waals surface area contributed by atoms with E-state index in [9.17, 15) is 0 Å². The van der Waals surface area contributed by atoms with Crippen LogP contribution < -0.4 is 0 Å². The predicted octanol–water partition coefficient (Wildman–Crippen LogP) is 11.3. The molecule has 0 aliphatic heterocycles. The Bertz CT molecular complexity index is 2400. The lowest BCUT2D eigenvalue weighted by Gasteiger charge is -2.11. The molecule has 8 aromatic rings. The van der Waals surface area contributed by atoms with Gasteiger partial charge in [0.15, 0.2) is 0 Å². The maximum atomic E-state index is 2.44. The van der Waals surface area contributed by atoms with Gasteiger partial charge in [0, 0.05) is 32.9 Å². The monoisotopic (exact) mass is 562 g/mol. The molecule has 0 radical (unpaired) electrons. The second-order valence-electron chi connectivity index (χ2n) is 11.7. The summed E-state index contributed by atoms with van der Waals surface area (Å²) in [6.07, 6.45) is 9.15. The van der Waals surface area contributed by atoms with Crippen LogP contribution in [0, 0.1) is 0 Å². The van der Waals surface area contributed by atoms with Gasteiger partial charge in [-0.15, -0.1) is 0 Å². The second kappa shape index (κ2) is 10.00. The fraction of sp³-hybridized carbons (Fsp3) is 0.0476. The van der Waals surface area contributed by atoms with Crippen molar-refractivity contribution in [1.82, 2.24) is 9.13 Å². The molecule has 0 amide bonds. The van der Waals surface area contributed by atoms with Crippen LogP contribution in [0.1, 0.15) is 18.4 Å². The van der Waals surface area contributed by atoms with Crippen molar-refractivity contribution in [3.05, 3.63) is 163 Å². The number of hydrogen-bond acceptors (Lipinski definition) is 0. The number of para-hydroxylation sites is 2. The van der Waals surface area contributed by atoms with Crippen molar-refractivity contribution in [2.75, 3.05) is 0 Å². The zero-order valence-corrected chi connectivity index (χ0v) is 24.3. The Labute approximate surface area is 256 Å². The molecular formula is C42H30N2. The highest BCUT2D eigenvalue weighted by Gasteiger charge is 2.19. The van der Waals surface area contributed by atoms with E-state index in [0.717, 1.165) is 18.5 Å². The summed E-state index contributed by atoms with van der Waals surface area (Å²) in [4.78, 5) is 0. The first kappa shape index (κ1) is 24.9. The molecule has 2 aromatic heterocycles. The lowest BCUT2D eigenvalue weighted by molar-refractivity contribution is 1.04. The van der Waals surface area contributed by atoms with Gasteiger partial charge in [-0.1, -0.05) is 103 Å². The van der Waals surface area contributed by atoms with Crippen LogP contribution in [0.3, 0.4) is 0 Å². The molecule has 6 aromatic carbocycles. The molecule has 9 rings (SSSR count). The smallest absolute Gasteiger partial charge is 0.0562 e. The van der Waals surface area contributed by atoms with Crippen LogP contribution in [0.25, 0.3) is 71.7 Å². The maximum absolute atomic E-state index is 2.44. The van der Waals surface area contributed by atoms with Gasteiger partial charge >= 0.3 is 0 Å². The number of aromatic nitrogens is 2. The topological polar surface area (TPSA) is 9.86 Å². The Balaban J connectivity index is 1.41. The van der Waals surface area contributed by atoms with Gasteiger partial charge in [0.2, 0.25) is 0 Å². The summed E-state index contributed by atoms with van der Waals surface area (Å²) >= 11 is 0. The van der Waals surface area contributed by atoms with Crippen LogP contribution in [-0.2, 0) is 0 Å². The summed E-state index contributed by atoms with van der Waals surface area (Å²) in [5.74, 6) is 0. The Morgan fingerprint density at radius 1 is 0.386 bits per heavy atom. The standard InChI is InChI=1S/C42H30N2/c1-5-13-29(14-6-1)31-22-24-39-36(25-31)38-27-37-35-23-21-32(30-15-7-2-8-16-30)26-40(35)44(34-19-11-4-12-20-34)41(37)28-42(38)43(39)33-17-9-3-10-18-33/h2-5,7-28H,1,6H2. The quantitative estimate of drug-likeness (QED) is 0.202. The van der Waals surface area contributed by atoms with Crippen molar-refractivity contribution < 1.29 is 0 Å². The molecule has 0 saturated heterocycles. The highest BCUT2D eigenvalue weighted by molar-refractivity contribution is 6.19. The average molecular weight is 563 g/mol. The lowest BCUT2D eigenvalue weighted by Crippen LogP contribution is -1.95. The number of rotatable bonds is 4. The molecule has 0 N–H and O–H groups in total. The third kappa shape index (κ3) is 3.88. The summed E-state index contributed by atoms with van der Waals surface area (Å²) in [7, 11) is 0. The van der Waals surface area contributed by atoms with E-state index in [-0.39, 0.29) is 0 Å². The van der Waals surface area contributed by atoms with Crippen LogP contribution in [0.2, 0.25) is 0 Å². The van der Waals surface area contributed by atoms with E-state index in [2.05, 4.69) is 167 Å². The van der Waals surface area contributed by atoms with Gasteiger partial charge in [0.05, 0.1) is 22.1 Å². The molecular weight excluding hydrogens is 532 g/mol. The van der Waals surface area contributed by atoms with Gasteiger partial charge in [-0.05, 0) is 89.7 Å². The van der Waals surface area contributed by atoms with Crippen LogP contribution >= 0.6 is 0 Å². The molecule has 0 unspecified atom stereocenters. The minimum absolute atomic E-state index is 1.10. The second-order valence-corrected chi connectivity index (χ2v) is 11.7. The minimum Gasteiger partial charge on any atom is -0.309 e. The third-order valence-corrected chi connectivity index (χ3v) is 9.12. The molecule has 0 saturated carbocycles. The van der Waals surface area contributed by atoms with E-state index in [0.29, 0.717) is 0 Å². The van der Waals surface area contributed by atoms with Gasteiger partial charge in [0.1, 0.15) is 0 Å². The van der Waals surface area contributed by atoms with Crippen molar-refractivity contribution in [2.45, 2.75) is 12.8 Å². The minimum atomic E-state index is 1.10. The lowest BCUT2D eigenvalue weighted by atomic mass is 9.97. The molecule has 0 fully saturated rings. The third-order valence-electron chi connectivity index (χ3n) is 9.12. The van der Waals surface area contributed by atoms with E-state index in [1.54, 1.807) is 0 Å². The highest BCUT2D eigenvalue weighted by Crippen LogP contribution is 2.41. The number of benzene rings is 6. The molecule has 0 atom stereocenters. The molecule has 0 spiro atoms. The zero-order valence-electron chi connectivity index (χ0n) is 24.3. The fourth-order valence-electron chi connectivity index (χ4n) is 7.06. The predicted molar refractivity (Wildman–Crippen MR) is 187 cm³/mol. The largest absolute Gasteiger partial charge is 0.309 e. The highest BCUT2D eigenvalue weighted by atomic mass is 15.0. The number of hydrogen-bond donors (Lipinski definition) is 0. The molecule has 2 heteroatoms. The summed E-state index contributed by atoms with van der Waals surface area (Å²) in [5, 5.41) is 5.09. The van der Waals surface area contributed by atoms with E-state index < -0.39 is 0 Å². The zero-order chi connectivity index (χ0) is 29.0. The molecule has 2 nitrogen and oxygen atoms in total. The fourth-order valence-corrected chi connectivity index (χ4v) is 7.06. The van der Waals surface area contributed by atoms with E-state index in [1.165, 1.54) is 71.6 Å². The van der Waals surface area contributed by atoms with Crippen LogP contribution in [0.15, 0.2) is 158 Å². The van der Waals surface area contributed by atoms with Gasteiger partial charge in [-0.3, -0.25) is 0 Å². The van der Waals surface area contributed by atoms with Crippen molar-refractivity contribution in [3.63, 3.8) is 0 Å². The SMILES string of the molecule is C1=CC(c2ccc3c(c2)c2cc4c5ccc(-c6ccccc6)cc5n(-c5ccccc5)c4cc2n3-c2ccccc2)=CCC1. The Morgan fingerprint density at radius 3 is 1.66 bits per heavy atom. The van der Waals surface area contributed by atoms with Crippen LogP contribution in [0.4, 0.5) is 0 Å². The number of nitrogens with zero attached hydrogens (tertiary/aromatic N) is 2. The van der Waals surface area contributed by atoms with Gasteiger partial charge in [0.25, 0.3) is 0 Å². The van der Waals surface area contributed by atoms with Gasteiger partial charge < -0.3 is 9.13 Å². The van der Waals surface area contributed by atoms with Crippen molar-refractivity contribution in [1.29, 1.82) is 0 Å². The molecule has 208 valence electrons. The van der Waals surface area contributed by atoms with E-state index in [4.69, 9.17) is 0 Å². The molecule has 1 aliphatic carbocycles. The Kier molecular flexibility index (Phi) is 5.67. The summed E-state index contributed by atoms with van der Waals surface area (Å²) < 4.78 is 4.87. The number of fused-ring (bicyclic) bond motifs is 6. The van der Waals surface area contributed by atoms with Crippen molar-refractivity contribution in [3.8, 4) is 22.5 Å². The maximum Gasteiger partial charge on any atom is 0.0562 e. The Morgan fingerprint density at radius 2 is 0.977 bits per heavy atom. The van der Waals surface area contributed by atoms with Crippen molar-refractivity contribution >= 4 is 49.2 Å². The first-order valence-corrected chi connectivity index (χ1v) is 15.4. The molecule has 2 heterocycles. The van der Waals surface area contributed by atoms with E-state index >= 15 is 0 Å². The molecule has 0 bridgehead atoms. The van der Waals surface area contributed by atoms with E-state index in [1.807, 2.05) is 0 Å². The van der Waals surface area contributed by atoms with Crippen LogP contribution in [0.5, 0.6) is 0 Å². The Hall–Kier alpha value is -5.60. The summed E-state index contributed by atoms with van der Waals surface area (Å²) in [6.45, 7) is 0. The number of allylic oxidation sites excluding steroid dienone is 4. The average Bonchev–Trinajstić information content (AvgIpc) is 3.59. The summed E-state index contributed by atoms with van der Waals surface area (Å²) in [6, 6.07) is 51.0. The molecule has 1 aliphatic rings.